The number of anilines is 1. The molecule has 1 unspecified atom stereocenters. The molecule has 0 aliphatic carbocycles. The second kappa shape index (κ2) is 9.16. The molecule has 0 bridgehead atoms. The number of nitriles is 1. The van der Waals surface area contributed by atoms with E-state index in [0.29, 0.717) is 38.1 Å². The van der Waals surface area contributed by atoms with Gasteiger partial charge in [-0.1, -0.05) is 54.6 Å². The van der Waals surface area contributed by atoms with E-state index in [1.807, 2.05) is 60.7 Å². The zero-order valence-corrected chi connectivity index (χ0v) is 16.4. The van der Waals surface area contributed by atoms with E-state index in [9.17, 15) is 10.1 Å². The van der Waals surface area contributed by atoms with Crippen molar-refractivity contribution in [1.82, 2.24) is 14.8 Å². The Kier molecular flexibility index (Phi) is 5.97. The van der Waals surface area contributed by atoms with Gasteiger partial charge in [0.1, 0.15) is 0 Å². The minimum Gasteiger partial charge on any atom is -0.378 e. The number of aromatic nitrogens is 3. The summed E-state index contributed by atoms with van der Waals surface area (Å²) >= 11 is 0. The number of para-hydroxylation sites is 1. The first kappa shape index (κ1) is 19.6. The van der Waals surface area contributed by atoms with E-state index in [4.69, 9.17) is 4.74 Å². The molecular formula is C23H21N5O2. The molecule has 150 valence electrons. The summed E-state index contributed by atoms with van der Waals surface area (Å²) in [5, 5.41) is 18.4. The number of ether oxygens (including phenoxy) is 1. The number of hydrogen-bond acceptors (Lipinski definition) is 6. The number of nitrogens with zero attached hydrogens (tertiary/aromatic N) is 5. The van der Waals surface area contributed by atoms with Gasteiger partial charge < -0.3 is 9.64 Å². The third-order valence-electron chi connectivity index (χ3n) is 4.89. The molecule has 1 aromatic heterocycles. The highest BCUT2D eigenvalue weighted by molar-refractivity contribution is 6.00. The Bertz CT molecular complexity index is 1060. The van der Waals surface area contributed by atoms with Crippen molar-refractivity contribution in [2.45, 2.75) is 5.92 Å². The van der Waals surface area contributed by atoms with Crippen LogP contribution in [-0.4, -0.2) is 46.9 Å². The molecule has 2 heterocycles. The summed E-state index contributed by atoms with van der Waals surface area (Å²) in [7, 11) is 0. The summed E-state index contributed by atoms with van der Waals surface area (Å²) < 4.78 is 7.24. The molecule has 0 N–H and O–H groups in total. The largest absolute Gasteiger partial charge is 0.378 e. The molecule has 1 aliphatic rings. The van der Waals surface area contributed by atoms with Crippen molar-refractivity contribution in [3.8, 4) is 11.8 Å². The van der Waals surface area contributed by atoms with Crippen molar-refractivity contribution in [3.63, 3.8) is 0 Å². The lowest BCUT2D eigenvalue weighted by Gasteiger charge is -2.28. The van der Waals surface area contributed by atoms with Crippen molar-refractivity contribution in [2.24, 2.45) is 0 Å². The summed E-state index contributed by atoms with van der Waals surface area (Å²) in [6, 6.07) is 21.2. The summed E-state index contributed by atoms with van der Waals surface area (Å²) in [6.45, 7) is 2.53. The first-order valence-corrected chi connectivity index (χ1v) is 9.78. The third-order valence-corrected chi connectivity index (χ3v) is 4.89. The van der Waals surface area contributed by atoms with E-state index in [1.54, 1.807) is 10.6 Å². The average Bonchev–Trinajstić information content (AvgIpc) is 3.25. The smallest absolute Gasteiger partial charge is 0.232 e. The number of morpholine rings is 1. The molecule has 1 atom stereocenters. The molecule has 1 saturated heterocycles. The SMILES string of the molecule is N#CC(C(=O)C=Cc1ccccc1)c1nnc(N2CCOCC2)n1-c1ccccc1. The van der Waals surface area contributed by atoms with Crippen molar-refractivity contribution >= 4 is 17.8 Å². The number of ketones is 1. The molecule has 3 aromatic rings. The zero-order valence-electron chi connectivity index (χ0n) is 16.4. The number of carbonyl (C=O) groups excluding carboxylic acids is 1. The highest BCUT2D eigenvalue weighted by Crippen LogP contribution is 2.26. The molecule has 7 heteroatoms. The normalized spacial score (nSPS) is 15.1. The van der Waals surface area contributed by atoms with Crippen LogP contribution in [0.25, 0.3) is 11.8 Å². The lowest BCUT2D eigenvalue weighted by molar-refractivity contribution is -0.115. The van der Waals surface area contributed by atoms with Crippen LogP contribution in [-0.2, 0) is 9.53 Å². The topological polar surface area (TPSA) is 84.0 Å². The lowest BCUT2D eigenvalue weighted by atomic mass is 10.0. The maximum atomic E-state index is 12.9. The van der Waals surface area contributed by atoms with Crippen LogP contribution in [0.3, 0.4) is 0 Å². The average molecular weight is 399 g/mol. The maximum Gasteiger partial charge on any atom is 0.232 e. The fourth-order valence-electron chi connectivity index (χ4n) is 3.35. The van der Waals surface area contributed by atoms with Gasteiger partial charge in [-0.2, -0.15) is 5.26 Å². The Morgan fingerprint density at radius 2 is 1.70 bits per heavy atom. The Labute approximate surface area is 174 Å². The van der Waals surface area contributed by atoms with E-state index in [1.165, 1.54) is 6.08 Å². The van der Waals surface area contributed by atoms with Gasteiger partial charge in [0.2, 0.25) is 5.95 Å². The van der Waals surface area contributed by atoms with E-state index in [0.717, 1.165) is 11.3 Å². The predicted molar refractivity (Wildman–Crippen MR) is 113 cm³/mol. The molecule has 30 heavy (non-hydrogen) atoms. The molecule has 0 amide bonds. The van der Waals surface area contributed by atoms with Crippen LogP contribution in [0.2, 0.25) is 0 Å². The standard InChI is InChI=1S/C23H21N5O2/c24-17-20(21(29)12-11-18-7-3-1-4-8-18)22-25-26-23(27-13-15-30-16-14-27)28(22)19-9-5-2-6-10-19/h1-12,20H,13-16H2. The molecule has 0 radical (unpaired) electrons. The van der Waals surface area contributed by atoms with Gasteiger partial charge in [-0.3, -0.25) is 9.36 Å². The second-order valence-electron chi connectivity index (χ2n) is 6.84. The third kappa shape index (κ3) is 4.14. The summed E-state index contributed by atoms with van der Waals surface area (Å²) in [5.41, 5.74) is 1.69. The fraction of sp³-hybridized carbons (Fsp3) is 0.217. The van der Waals surface area contributed by atoms with E-state index >= 15 is 0 Å². The zero-order chi connectivity index (χ0) is 20.8. The van der Waals surface area contributed by atoms with Crippen molar-refractivity contribution in [1.29, 1.82) is 5.26 Å². The summed E-state index contributed by atoms with van der Waals surface area (Å²) in [5.74, 6) is -0.473. The van der Waals surface area contributed by atoms with Crippen molar-refractivity contribution in [2.75, 3.05) is 31.2 Å². The molecule has 1 fully saturated rings. The van der Waals surface area contributed by atoms with Crippen LogP contribution < -0.4 is 4.90 Å². The lowest BCUT2D eigenvalue weighted by Crippen LogP contribution is -2.38. The fourth-order valence-corrected chi connectivity index (χ4v) is 3.35. The molecular weight excluding hydrogens is 378 g/mol. The number of benzene rings is 2. The Hall–Kier alpha value is -3.76. The van der Waals surface area contributed by atoms with Gasteiger partial charge in [-0.15, -0.1) is 10.2 Å². The maximum absolute atomic E-state index is 12.9. The second-order valence-corrected chi connectivity index (χ2v) is 6.84. The number of carbonyl (C=O) groups is 1. The minimum atomic E-state index is -1.06. The highest BCUT2D eigenvalue weighted by Gasteiger charge is 2.29. The van der Waals surface area contributed by atoms with E-state index in [2.05, 4.69) is 21.2 Å². The number of allylic oxidation sites excluding steroid dienone is 1. The summed E-state index contributed by atoms with van der Waals surface area (Å²) in [4.78, 5) is 15.0. The van der Waals surface area contributed by atoms with E-state index < -0.39 is 5.92 Å². The number of rotatable bonds is 6. The quantitative estimate of drug-likeness (QED) is 0.593. The molecule has 0 spiro atoms. The van der Waals surface area contributed by atoms with Gasteiger partial charge in [0, 0.05) is 13.1 Å². The van der Waals surface area contributed by atoms with E-state index in [-0.39, 0.29) is 5.78 Å². The van der Waals surface area contributed by atoms with Crippen LogP contribution >= 0.6 is 0 Å². The molecule has 2 aromatic carbocycles. The Morgan fingerprint density at radius 3 is 2.37 bits per heavy atom. The molecule has 0 saturated carbocycles. The highest BCUT2D eigenvalue weighted by atomic mass is 16.5. The van der Waals surface area contributed by atoms with Crippen LogP contribution in [0, 0.1) is 11.3 Å². The van der Waals surface area contributed by atoms with Gasteiger partial charge in [-0.25, -0.2) is 0 Å². The van der Waals surface area contributed by atoms with Crippen LogP contribution in [0.1, 0.15) is 17.3 Å². The van der Waals surface area contributed by atoms with Crippen LogP contribution in [0.15, 0.2) is 66.7 Å². The summed E-state index contributed by atoms with van der Waals surface area (Å²) in [6.07, 6.45) is 3.14. The van der Waals surface area contributed by atoms with Crippen molar-refractivity contribution < 1.29 is 9.53 Å². The van der Waals surface area contributed by atoms with Gasteiger partial charge in [0.25, 0.3) is 0 Å². The van der Waals surface area contributed by atoms with Crippen LogP contribution in [0.5, 0.6) is 0 Å². The Balaban J connectivity index is 1.71. The predicted octanol–water partition coefficient (Wildman–Crippen LogP) is 2.99. The van der Waals surface area contributed by atoms with Crippen LogP contribution in [0.4, 0.5) is 5.95 Å². The van der Waals surface area contributed by atoms with Crippen molar-refractivity contribution in [3.05, 3.63) is 78.1 Å². The van der Waals surface area contributed by atoms with Gasteiger partial charge in [0.05, 0.1) is 25.0 Å². The Morgan fingerprint density at radius 1 is 1.03 bits per heavy atom. The van der Waals surface area contributed by atoms with Gasteiger partial charge in [0.15, 0.2) is 17.5 Å². The molecule has 1 aliphatic heterocycles. The van der Waals surface area contributed by atoms with Gasteiger partial charge >= 0.3 is 0 Å². The molecule has 4 rings (SSSR count). The number of hydrogen-bond donors (Lipinski definition) is 0. The monoisotopic (exact) mass is 399 g/mol. The first-order valence-electron chi connectivity index (χ1n) is 9.78. The van der Waals surface area contributed by atoms with Gasteiger partial charge in [-0.05, 0) is 23.8 Å². The first-order chi connectivity index (χ1) is 14.8. The minimum absolute atomic E-state index is 0.313. The molecule has 7 nitrogen and oxygen atoms in total.